The van der Waals surface area contributed by atoms with Crippen LogP contribution in [0.5, 0.6) is 0 Å². The zero-order chi connectivity index (χ0) is 8.23. The average molecular weight is 166 g/mol. The minimum atomic E-state index is 0.558. The summed E-state index contributed by atoms with van der Waals surface area (Å²) in [7, 11) is 0. The molecule has 0 unspecified atom stereocenters. The minimum absolute atomic E-state index is 0.558. The molecule has 1 aliphatic carbocycles. The molecule has 1 fully saturated rings. The lowest BCUT2D eigenvalue weighted by atomic mass is 10.1. The predicted octanol–water partition coefficient (Wildman–Crippen LogP) is 1.57. The molecule has 0 spiro atoms. The Morgan fingerprint density at radius 2 is 1.83 bits per heavy atom. The van der Waals surface area contributed by atoms with Crippen LogP contribution in [-0.4, -0.2) is 20.2 Å². The molecule has 0 aliphatic heterocycles. The molecule has 0 radical (unpaired) electrons. The van der Waals surface area contributed by atoms with Crippen molar-refractivity contribution in [3.63, 3.8) is 0 Å². The Labute approximate surface area is 72.0 Å². The van der Waals surface area contributed by atoms with Gasteiger partial charge >= 0.3 is 0 Å². The third-order valence-electron chi connectivity index (χ3n) is 2.56. The van der Waals surface area contributed by atoms with Crippen LogP contribution in [-0.2, 0) is 0 Å². The number of tetrazole rings is 1. The summed E-state index contributed by atoms with van der Waals surface area (Å²) in [5.74, 6) is 0. The topological polar surface area (TPSA) is 43.6 Å². The maximum absolute atomic E-state index is 3.94. The van der Waals surface area contributed by atoms with E-state index < -0.39 is 0 Å². The zero-order valence-corrected chi connectivity index (χ0v) is 7.19. The number of rotatable bonds is 1. The summed E-state index contributed by atoms with van der Waals surface area (Å²) in [5, 5.41) is 11.3. The zero-order valence-electron chi connectivity index (χ0n) is 7.19. The Morgan fingerprint density at radius 3 is 2.42 bits per heavy atom. The van der Waals surface area contributed by atoms with Gasteiger partial charge in [0.2, 0.25) is 0 Å². The number of aromatic nitrogens is 4. The molecule has 1 aliphatic rings. The number of hydrogen-bond donors (Lipinski definition) is 0. The smallest absolute Gasteiger partial charge is 0.138 e. The molecule has 0 bridgehead atoms. The highest BCUT2D eigenvalue weighted by molar-refractivity contribution is 4.68. The lowest BCUT2D eigenvalue weighted by Crippen LogP contribution is -2.08. The van der Waals surface area contributed by atoms with Crippen molar-refractivity contribution in [3.05, 3.63) is 6.33 Å². The third kappa shape index (κ3) is 1.62. The van der Waals surface area contributed by atoms with E-state index in [1.807, 2.05) is 4.68 Å². The first kappa shape index (κ1) is 7.71. The highest BCUT2D eigenvalue weighted by atomic mass is 15.5. The van der Waals surface area contributed by atoms with Crippen molar-refractivity contribution in [2.75, 3.05) is 0 Å². The molecule has 0 atom stereocenters. The van der Waals surface area contributed by atoms with Gasteiger partial charge in [-0.25, -0.2) is 4.68 Å². The molecular formula is C8H14N4. The molecule has 1 heterocycles. The lowest BCUT2D eigenvalue weighted by Gasteiger charge is -2.11. The van der Waals surface area contributed by atoms with E-state index in [9.17, 15) is 0 Å². The van der Waals surface area contributed by atoms with Crippen LogP contribution in [0.1, 0.15) is 44.6 Å². The Bertz CT molecular complexity index is 211. The van der Waals surface area contributed by atoms with Gasteiger partial charge in [0.1, 0.15) is 6.33 Å². The first-order chi connectivity index (χ1) is 5.97. The van der Waals surface area contributed by atoms with Gasteiger partial charge in [0.25, 0.3) is 0 Å². The highest BCUT2D eigenvalue weighted by Gasteiger charge is 2.14. The van der Waals surface area contributed by atoms with Crippen molar-refractivity contribution in [2.24, 2.45) is 0 Å². The van der Waals surface area contributed by atoms with Crippen molar-refractivity contribution in [3.8, 4) is 0 Å². The van der Waals surface area contributed by atoms with Gasteiger partial charge in [-0.15, -0.1) is 5.10 Å². The molecule has 0 N–H and O–H groups in total. The van der Waals surface area contributed by atoms with Crippen LogP contribution in [0.4, 0.5) is 0 Å². The van der Waals surface area contributed by atoms with Crippen molar-refractivity contribution in [1.82, 2.24) is 20.2 Å². The largest absolute Gasteiger partial charge is 0.229 e. The van der Waals surface area contributed by atoms with E-state index in [-0.39, 0.29) is 0 Å². The van der Waals surface area contributed by atoms with E-state index >= 15 is 0 Å². The van der Waals surface area contributed by atoms with E-state index in [4.69, 9.17) is 0 Å². The van der Waals surface area contributed by atoms with Crippen LogP contribution < -0.4 is 0 Å². The van der Waals surface area contributed by atoms with Crippen LogP contribution >= 0.6 is 0 Å². The Morgan fingerprint density at radius 1 is 1.08 bits per heavy atom. The van der Waals surface area contributed by atoms with Gasteiger partial charge in [-0.3, -0.25) is 0 Å². The molecule has 1 saturated carbocycles. The molecule has 0 saturated heterocycles. The van der Waals surface area contributed by atoms with Crippen molar-refractivity contribution >= 4 is 0 Å². The van der Waals surface area contributed by atoms with Crippen molar-refractivity contribution < 1.29 is 0 Å². The number of nitrogens with zero attached hydrogens (tertiary/aromatic N) is 4. The molecular weight excluding hydrogens is 152 g/mol. The van der Waals surface area contributed by atoms with Crippen molar-refractivity contribution in [1.29, 1.82) is 0 Å². The van der Waals surface area contributed by atoms with Crippen LogP contribution in [0.25, 0.3) is 0 Å². The Kier molecular flexibility index (Phi) is 2.34. The highest BCUT2D eigenvalue weighted by Crippen LogP contribution is 2.25. The van der Waals surface area contributed by atoms with Gasteiger partial charge in [0.15, 0.2) is 0 Å². The summed E-state index contributed by atoms with van der Waals surface area (Å²) >= 11 is 0. The van der Waals surface area contributed by atoms with Gasteiger partial charge in [-0.2, -0.15) is 0 Å². The molecule has 4 nitrogen and oxygen atoms in total. The fourth-order valence-electron chi connectivity index (χ4n) is 1.86. The second-order valence-corrected chi connectivity index (χ2v) is 3.44. The van der Waals surface area contributed by atoms with E-state index in [0.29, 0.717) is 6.04 Å². The third-order valence-corrected chi connectivity index (χ3v) is 2.56. The van der Waals surface area contributed by atoms with E-state index in [0.717, 1.165) is 0 Å². The summed E-state index contributed by atoms with van der Waals surface area (Å²) in [6, 6.07) is 0.558. The SMILES string of the molecule is c1nnnn1C1CCCCCC1. The molecule has 4 heteroatoms. The maximum atomic E-state index is 3.94. The normalized spacial score (nSPS) is 20.7. The number of hydrogen-bond acceptors (Lipinski definition) is 3. The molecule has 2 rings (SSSR count). The summed E-state index contributed by atoms with van der Waals surface area (Å²) in [4.78, 5) is 0. The van der Waals surface area contributed by atoms with Crippen LogP contribution in [0.15, 0.2) is 6.33 Å². The van der Waals surface area contributed by atoms with Gasteiger partial charge in [-0.1, -0.05) is 25.7 Å². The van der Waals surface area contributed by atoms with E-state index in [2.05, 4.69) is 15.5 Å². The fraction of sp³-hybridized carbons (Fsp3) is 0.875. The molecule has 66 valence electrons. The molecule has 1 aromatic heterocycles. The van der Waals surface area contributed by atoms with Crippen LogP contribution in [0.2, 0.25) is 0 Å². The van der Waals surface area contributed by atoms with Crippen LogP contribution in [0.3, 0.4) is 0 Å². The van der Waals surface area contributed by atoms with E-state index in [1.165, 1.54) is 38.5 Å². The molecule has 1 aromatic rings. The lowest BCUT2D eigenvalue weighted by molar-refractivity contribution is 0.396. The van der Waals surface area contributed by atoms with Gasteiger partial charge < -0.3 is 0 Å². The van der Waals surface area contributed by atoms with Gasteiger partial charge in [-0.05, 0) is 23.3 Å². The summed E-state index contributed by atoms with van der Waals surface area (Å²) in [6.07, 6.45) is 9.61. The molecule has 0 amide bonds. The van der Waals surface area contributed by atoms with Crippen molar-refractivity contribution in [2.45, 2.75) is 44.6 Å². The standard InChI is InChI=1S/C8H14N4/c1-2-4-6-8(5-3-1)12-7-9-10-11-12/h7-8H,1-6H2. The maximum Gasteiger partial charge on any atom is 0.138 e. The van der Waals surface area contributed by atoms with Crippen LogP contribution in [0, 0.1) is 0 Å². The predicted molar refractivity (Wildman–Crippen MR) is 44.6 cm³/mol. The average Bonchev–Trinajstić information content (AvgIpc) is 2.48. The van der Waals surface area contributed by atoms with Gasteiger partial charge in [0, 0.05) is 0 Å². The first-order valence-electron chi connectivity index (χ1n) is 4.69. The molecule has 12 heavy (non-hydrogen) atoms. The monoisotopic (exact) mass is 166 g/mol. The summed E-state index contributed by atoms with van der Waals surface area (Å²) < 4.78 is 1.91. The summed E-state index contributed by atoms with van der Waals surface area (Å²) in [5.41, 5.74) is 0. The first-order valence-corrected chi connectivity index (χ1v) is 4.69. The summed E-state index contributed by atoms with van der Waals surface area (Å²) in [6.45, 7) is 0. The quantitative estimate of drug-likeness (QED) is 0.595. The Hall–Kier alpha value is -0.930. The second kappa shape index (κ2) is 3.65. The Balaban J connectivity index is 2.02. The molecule has 0 aromatic carbocycles. The second-order valence-electron chi connectivity index (χ2n) is 3.44. The van der Waals surface area contributed by atoms with E-state index in [1.54, 1.807) is 6.33 Å². The minimum Gasteiger partial charge on any atom is -0.229 e. The fourth-order valence-corrected chi connectivity index (χ4v) is 1.86. The van der Waals surface area contributed by atoms with Gasteiger partial charge in [0.05, 0.1) is 6.04 Å².